The Morgan fingerprint density at radius 2 is 1.68 bits per heavy atom. The number of rotatable bonds is 6. The smallest absolute Gasteiger partial charge is 0.174 e. The summed E-state index contributed by atoms with van der Waals surface area (Å²) in [5.41, 5.74) is 1.41. The molecule has 3 heteroatoms. The van der Waals surface area contributed by atoms with Crippen molar-refractivity contribution in [2.45, 2.75) is 6.42 Å². The lowest BCUT2D eigenvalue weighted by Gasteiger charge is -2.07. The van der Waals surface area contributed by atoms with Gasteiger partial charge < -0.3 is 4.74 Å². The van der Waals surface area contributed by atoms with Crippen LogP contribution < -0.4 is 4.74 Å². The molecule has 2 aromatic carbocycles. The molecular weight excluding hydrogens is 240 g/mol. The van der Waals surface area contributed by atoms with E-state index in [9.17, 15) is 9.59 Å². The van der Waals surface area contributed by atoms with Crippen molar-refractivity contribution in [2.24, 2.45) is 0 Å². The molecule has 0 radical (unpaired) electrons. The van der Waals surface area contributed by atoms with Crippen LogP contribution in [-0.2, 0) is 11.2 Å². The highest BCUT2D eigenvalue weighted by Gasteiger charge is 2.07. The molecule has 0 saturated heterocycles. The lowest BCUT2D eigenvalue weighted by molar-refractivity contribution is -0.120. The molecule has 0 saturated carbocycles. The quantitative estimate of drug-likeness (QED) is 0.744. The van der Waals surface area contributed by atoms with Crippen molar-refractivity contribution in [1.82, 2.24) is 0 Å². The number of para-hydroxylation sites is 1. The minimum Gasteiger partial charge on any atom is -0.485 e. The molecule has 2 aromatic rings. The molecule has 0 unspecified atom stereocenters. The van der Waals surface area contributed by atoms with E-state index >= 15 is 0 Å². The lowest BCUT2D eigenvalue weighted by Crippen LogP contribution is -2.14. The molecule has 0 aliphatic carbocycles. The first-order valence-corrected chi connectivity index (χ1v) is 6.02. The Bertz CT molecular complexity index is 561. The largest absolute Gasteiger partial charge is 0.485 e. The molecule has 19 heavy (non-hydrogen) atoms. The molecule has 0 aromatic heterocycles. The molecule has 96 valence electrons. The highest BCUT2D eigenvalue weighted by Crippen LogP contribution is 2.15. The standard InChI is InChI=1S/C16H14O3/c17-11-14-8-4-5-9-16(14)19-12-15(18)10-13-6-2-1-3-7-13/h1-9,11H,10,12H2. The first kappa shape index (κ1) is 13.0. The topological polar surface area (TPSA) is 43.4 Å². The first-order valence-electron chi connectivity index (χ1n) is 6.02. The van der Waals surface area contributed by atoms with Crippen molar-refractivity contribution in [2.75, 3.05) is 6.61 Å². The average Bonchev–Trinajstić information content (AvgIpc) is 2.46. The summed E-state index contributed by atoms with van der Waals surface area (Å²) in [7, 11) is 0. The van der Waals surface area contributed by atoms with Crippen molar-refractivity contribution in [1.29, 1.82) is 0 Å². The maximum absolute atomic E-state index is 11.8. The predicted octanol–water partition coefficient (Wildman–Crippen LogP) is 2.69. The minimum absolute atomic E-state index is 0.0214. The summed E-state index contributed by atoms with van der Waals surface area (Å²) in [5.74, 6) is 0.422. The Kier molecular flexibility index (Phi) is 4.45. The number of benzene rings is 2. The Morgan fingerprint density at radius 1 is 1.00 bits per heavy atom. The summed E-state index contributed by atoms with van der Waals surface area (Å²) in [4.78, 5) is 22.6. The van der Waals surface area contributed by atoms with E-state index in [2.05, 4.69) is 0 Å². The van der Waals surface area contributed by atoms with Gasteiger partial charge in [0.2, 0.25) is 0 Å². The predicted molar refractivity (Wildman–Crippen MR) is 72.5 cm³/mol. The van der Waals surface area contributed by atoms with Crippen LogP contribution in [0.4, 0.5) is 0 Å². The molecule has 0 atom stereocenters. The second-order valence-corrected chi connectivity index (χ2v) is 4.15. The number of hydrogen-bond donors (Lipinski definition) is 0. The van der Waals surface area contributed by atoms with E-state index in [1.54, 1.807) is 24.3 Å². The number of carbonyl (C=O) groups excluding carboxylic acids is 2. The number of aldehydes is 1. The van der Waals surface area contributed by atoms with E-state index < -0.39 is 0 Å². The van der Waals surface area contributed by atoms with E-state index in [1.807, 2.05) is 30.3 Å². The fourth-order valence-electron chi connectivity index (χ4n) is 1.74. The summed E-state index contributed by atoms with van der Waals surface area (Å²) >= 11 is 0. The summed E-state index contributed by atoms with van der Waals surface area (Å²) in [6.07, 6.45) is 1.06. The molecule has 3 nitrogen and oxygen atoms in total. The fraction of sp³-hybridized carbons (Fsp3) is 0.125. The van der Waals surface area contributed by atoms with Crippen LogP contribution in [0.1, 0.15) is 15.9 Å². The van der Waals surface area contributed by atoms with E-state index in [0.29, 0.717) is 17.7 Å². The van der Waals surface area contributed by atoms with Crippen molar-refractivity contribution in [3.63, 3.8) is 0 Å². The Morgan fingerprint density at radius 3 is 2.42 bits per heavy atom. The maximum atomic E-state index is 11.8. The Balaban J connectivity index is 1.92. The van der Waals surface area contributed by atoms with Gasteiger partial charge in [-0.1, -0.05) is 42.5 Å². The Labute approximate surface area is 111 Å². The third-order valence-corrected chi connectivity index (χ3v) is 2.68. The molecule has 0 heterocycles. The first-order chi connectivity index (χ1) is 9.29. The van der Waals surface area contributed by atoms with Gasteiger partial charge in [-0.15, -0.1) is 0 Å². The zero-order valence-corrected chi connectivity index (χ0v) is 10.4. The molecular formula is C16H14O3. The van der Waals surface area contributed by atoms with Gasteiger partial charge in [-0.2, -0.15) is 0 Å². The van der Waals surface area contributed by atoms with Crippen LogP contribution in [0.3, 0.4) is 0 Å². The van der Waals surface area contributed by atoms with E-state index in [1.165, 1.54) is 0 Å². The second kappa shape index (κ2) is 6.50. The van der Waals surface area contributed by atoms with Crippen LogP contribution in [0.2, 0.25) is 0 Å². The van der Waals surface area contributed by atoms with Crippen LogP contribution in [0, 0.1) is 0 Å². The van der Waals surface area contributed by atoms with Gasteiger partial charge in [-0.3, -0.25) is 9.59 Å². The van der Waals surface area contributed by atoms with Crippen molar-refractivity contribution < 1.29 is 14.3 Å². The van der Waals surface area contributed by atoms with Gasteiger partial charge >= 0.3 is 0 Å². The summed E-state index contributed by atoms with van der Waals surface area (Å²) < 4.78 is 5.38. The van der Waals surface area contributed by atoms with Gasteiger partial charge in [0, 0.05) is 6.42 Å². The zero-order valence-electron chi connectivity index (χ0n) is 10.4. The summed E-state index contributed by atoms with van der Waals surface area (Å²) in [5, 5.41) is 0. The van der Waals surface area contributed by atoms with Gasteiger partial charge in [-0.05, 0) is 17.7 Å². The van der Waals surface area contributed by atoms with Crippen LogP contribution in [0.25, 0.3) is 0 Å². The maximum Gasteiger partial charge on any atom is 0.174 e. The number of Topliss-reactive ketones (excluding diaryl/α,β-unsaturated/α-hetero) is 1. The van der Waals surface area contributed by atoms with Crippen LogP contribution in [0.15, 0.2) is 54.6 Å². The van der Waals surface area contributed by atoms with Gasteiger partial charge in [0.05, 0.1) is 5.56 Å². The average molecular weight is 254 g/mol. The third kappa shape index (κ3) is 3.78. The number of ether oxygens (including phenoxy) is 1. The van der Waals surface area contributed by atoms with Gasteiger partial charge in [-0.25, -0.2) is 0 Å². The molecule has 2 rings (SSSR count). The third-order valence-electron chi connectivity index (χ3n) is 2.68. The van der Waals surface area contributed by atoms with Gasteiger partial charge in [0.1, 0.15) is 12.4 Å². The normalized spacial score (nSPS) is 9.89. The van der Waals surface area contributed by atoms with Crippen LogP contribution in [0.5, 0.6) is 5.75 Å². The molecule has 0 amide bonds. The molecule has 0 spiro atoms. The monoisotopic (exact) mass is 254 g/mol. The number of carbonyl (C=O) groups is 2. The van der Waals surface area contributed by atoms with Crippen LogP contribution in [-0.4, -0.2) is 18.7 Å². The van der Waals surface area contributed by atoms with Crippen molar-refractivity contribution in [3.05, 3.63) is 65.7 Å². The minimum atomic E-state index is -0.0280. The van der Waals surface area contributed by atoms with Crippen molar-refractivity contribution >= 4 is 12.1 Å². The van der Waals surface area contributed by atoms with Gasteiger partial charge in [0.15, 0.2) is 12.1 Å². The highest BCUT2D eigenvalue weighted by atomic mass is 16.5. The van der Waals surface area contributed by atoms with E-state index in [-0.39, 0.29) is 12.4 Å². The van der Waals surface area contributed by atoms with Crippen molar-refractivity contribution in [3.8, 4) is 5.75 Å². The summed E-state index contributed by atoms with van der Waals surface area (Å²) in [6, 6.07) is 16.4. The number of hydrogen-bond acceptors (Lipinski definition) is 3. The lowest BCUT2D eigenvalue weighted by atomic mass is 10.1. The van der Waals surface area contributed by atoms with Crippen LogP contribution >= 0.6 is 0 Å². The number of ketones is 1. The molecule has 0 N–H and O–H groups in total. The fourth-order valence-corrected chi connectivity index (χ4v) is 1.74. The second-order valence-electron chi connectivity index (χ2n) is 4.15. The molecule has 0 fully saturated rings. The Hall–Kier alpha value is -2.42. The zero-order chi connectivity index (χ0) is 13.5. The molecule has 0 aliphatic heterocycles. The SMILES string of the molecule is O=Cc1ccccc1OCC(=O)Cc1ccccc1. The van der Waals surface area contributed by atoms with Gasteiger partial charge in [0.25, 0.3) is 0 Å². The van der Waals surface area contributed by atoms with E-state index in [4.69, 9.17) is 4.74 Å². The van der Waals surface area contributed by atoms with E-state index in [0.717, 1.165) is 11.8 Å². The summed E-state index contributed by atoms with van der Waals surface area (Å²) in [6.45, 7) is -0.0280. The highest BCUT2D eigenvalue weighted by molar-refractivity contribution is 5.83. The molecule has 0 aliphatic rings. The molecule has 0 bridgehead atoms.